The van der Waals surface area contributed by atoms with Gasteiger partial charge in [-0.15, -0.1) is 22.7 Å². The van der Waals surface area contributed by atoms with E-state index >= 15 is 0 Å². The summed E-state index contributed by atoms with van der Waals surface area (Å²) >= 11 is 8.72. The number of ether oxygens (including phenoxy) is 8. The Morgan fingerprint density at radius 3 is 1.39 bits per heavy atom. The lowest BCUT2D eigenvalue weighted by Gasteiger charge is -2.32. The molecule has 474 valence electrons. The molecule has 0 radical (unpaired) electrons. The third-order valence-electron chi connectivity index (χ3n) is 14.4. The molecule has 0 bridgehead atoms. The van der Waals surface area contributed by atoms with Crippen LogP contribution in [0.3, 0.4) is 0 Å². The molecule has 6 aromatic carbocycles. The molecule has 0 unspecified atom stereocenters. The summed E-state index contributed by atoms with van der Waals surface area (Å²) in [4.78, 5) is 77.5. The van der Waals surface area contributed by atoms with E-state index in [1.165, 1.54) is 57.2 Å². The molecular weight excluding hydrogens is 1240 g/mol. The van der Waals surface area contributed by atoms with E-state index in [4.69, 9.17) is 63.8 Å². The van der Waals surface area contributed by atoms with Crippen molar-refractivity contribution in [3.8, 4) is 45.9 Å². The fraction of sp³-hybridized carbons (Fsp3) is 0.219. The summed E-state index contributed by atoms with van der Waals surface area (Å²) in [5.41, 5.74) is 9.01. The minimum atomic E-state index is -0.554. The Morgan fingerprint density at radius 1 is 0.478 bits per heavy atom. The lowest BCUT2D eigenvalue weighted by molar-refractivity contribution is 0.00578. The number of benzene rings is 6. The van der Waals surface area contributed by atoms with Crippen molar-refractivity contribution in [1.29, 1.82) is 0 Å². The first-order chi connectivity index (χ1) is 44.2. The Hall–Kier alpha value is -10.2. The van der Waals surface area contributed by atoms with Crippen LogP contribution in [-0.4, -0.2) is 129 Å². The summed E-state index contributed by atoms with van der Waals surface area (Å²) in [6.07, 6.45) is 0. The summed E-state index contributed by atoms with van der Waals surface area (Å²) in [6.45, 7) is 7.92. The number of halogens is 1. The van der Waals surface area contributed by atoms with Gasteiger partial charge in [-0.05, 0) is 118 Å². The van der Waals surface area contributed by atoms with Crippen molar-refractivity contribution in [2.24, 2.45) is 0 Å². The van der Waals surface area contributed by atoms with Crippen molar-refractivity contribution in [2.75, 3.05) is 78.1 Å². The van der Waals surface area contributed by atoms with Gasteiger partial charge in [0, 0.05) is 63.7 Å². The van der Waals surface area contributed by atoms with Crippen molar-refractivity contribution >= 4 is 126 Å². The van der Waals surface area contributed by atoms with Gasteiger partial charge in [0.2, 0.25) is 5.28 Å². The summed E-state index contributed by atoms with van der Waals surface area (Å²) in [5, 5.41) is 12.3. The van der Waals surface area contributed by atoms with Gasteiger partial charge in [-0.1, -0.05) is 24.3 Å². The molecule has 92 heavy (non-hydrogen) atoms. The molecule has 1 aliphatic heterocycles. The van der Waals surface area contributed by atoms with Crippen molar-refractivity contribution in [3.63, 3.8) is 0 Å². The molecule has 2 amide bonds. The van der Waals surface area contributed by atoms with Gasteiger partial charge in [0.25, 0.3) is 11.8 Å². The van der Waals surface area contributed by atoms with Gasteiger partial charge in [0.15, 0.2) is 45.3 Å². The van der Waals surface area contributed by atoms with E-state index in [9.17, 15) is 19.2 Å². The maximum absolute atomic E-state index is 13.1. The number of carbonyl (C=O) groups is 4. The zero-order valence-electron chi connectivity index (χ0n) is 51.9. The quantitative estimate of drug-likeness (QED) is 0.0353. The maximum atomic E-state index is 13.1. The molecule has 1 saturated heterocycles. The highest BCUT2D eigenvalue weighted by Crippen LogP contribution is 2.38. The Bertz CT molecular complexity index is 4350. The third-order valence-corrected chi connectivity index (χ3v) is 16.1. The first kappa shape index (κ1) is 66.2. The fourth-order valence-corrected chi connectivity index (χ4v) is 10.5. The number of amides is 2. The lowest BCUT2D eigenvalue weighted by atomic mass is 9.78. The largest absolute Gasteiger partial charge is 0.496 e. The third kappa shape index (κ3) is 15.2. The Balaban J connectivity index is 0.000000172. The molecule has 24 nitrogen and oxygen atoms in total. The van der Waals surface area contributed by atoms with E-state index in [-0.39, 0.29) is 34.0 Å². The van der Waals surface area contributed by atoms with Crippen molar-refractivity contribution in [2.45, 2.75) is 38.9 Å². The molecule has 0 spiro atoms. The number of carbonyl (C=O) groups excluding carboxylic acids is 4. The van der Waals surface area contributed by atoms with Crippen molar-refractivity contribution in [1.82, 2.24) is 29.9 Å². The van der Waals surface area contributed by atoms with Crippen LogP contribution >= 0.6 is 34.3 Å². The molecule has 0 aliphatic carbocycles. The van der Waals surface area contributed by atoms with E-state index in [1.807, 2.05) is 64.1 Å². The average Bonchev–Trinajstić information content (AvgIpc) is 1.61. The van der Waals surface area contributed by atoms with Crippen LogP contribution in [0.2, 0.25) is 5.28 Å². The minimum absolute atomic E-state index is 0.176. The average molecular weight is 1310 g/mol. The van der Waals surface area contributed by atoms with Crippen LogP contribution < -0.4 is 55.2 Å². The number of thiazole rings is 2. The summed E-state index contributed by atoms with van der Waals surface area (Å²) in [5.74, 6) is 2.81. The van der Waals surface area contributed by atoms with E-state index in [0.717, 1.165) is 21.7 Å². The van der Waals surface area contributed by atoms with Gasteiger partial charge in [-0.3, -0.25) is 9.59 Å². The topological polar surface area (TPSA) is 286 Å². The molecule has 4 aromatic heterocycles. The van der Waals surface area contributed by atoms with Gasteiger partial charge in [0.05, 0.1) is 79.1 Å². The molecule has 5 heterocycles. The van der Waals surface area contributed by atoms with Crippen LogP contribution in [0.5, 0.6) is 34.5 Å². The summed E-state index contributed by atoms with van der Waals surface area (Å²) in [7, 11) is 11.2. The van der Waals surface area contributed by atoms with E-state index in [0.29, 0.717) is 90.1 Å². The molecule has 0 atom stereocenters. The maximum Gasteiger partial charge on any atom is 0.494 e. The minimum Gasteiger partial charge on any atom is -0.496 e. The Morgan fingerprint density at radius 2 is 0.913 bits per heavy atom. The molecule has 28 heteroatoms. The zero-order valence-corrected chi connectivity index (χ0v) is 54.3. The number of rotatable bonds is 18. The number of hydrogen-bond donors (Lipinski definition) is 4. The standard InChI is InChI=1S/C29H25N5O6S.C22H26BNO6.C13H11ClN4O2S/c1-37-21-11-9-18(14-23(21)39-3)31-26-24-28(41-15-30-24)34-25(33-26)16-6-5-7-17(12-16)27(35)32-19-8-10-20(29(36)40-4)22(13-19)38-2;1-21(2)22(3,4)30-23(29-21)15-9-7-8-14(12-15)19(25)24-16-10-11-17(20(26)28-6)18(13-16)27-5;1-19-8-4-3-7(5-9(8)20-2)16-11-10-12(21-6-15-10)18-13(14)17-11/h5-15H,1-4H3,(H,32,35)(H,31,33,34);7-13H,1-6H3,(H,24,25);3-6H,1-2H3,(H,16,17,18). The van der Waals surface area contributed by atoms with Crippen LogP contribution in [0.25, 0.3) is 32.1 Å². The number of methoxy groups -OCH3 is 8. The van der Waals surface area contributed by atoms with Gasteiger partial charge >= 0.3 is 19.1 Å². The predicted molar refractivity (Wildman–Crippen MR) is 353 cm³/mol. The van der Waals surface area contributed by atoms with Gasteiger partial charge in [-0.2, -0.15) is 4.98 Å². The lowest BCUT2D eigenvalue weighted by Crippen LogP contribution is -2.41. The molecule has 1 fully saturated rings. The van der Waals surface area contributed by atoms with Crippen molar-refractivity contribution < 1.29 is 66.4 Å². The second-order valence-corrected chi connectivity index (χ2v) is 22.7. The van der Waals surface area contributed by atoms with Gasteiger partial charge < -0.3 is 68.5 Å². The van der Waals surface area contributed by atoms with E-state index < -0.39 is 30.3 Å². The Labute approximate surface area is 542 Å². The van der Waals surface area contributed by atoms with Crippen molar-refractivity contribution in [3.05, 3.63) is 160 Å². The summed E-state index contributed by atoms with van der Waals surface area (Å²) in [6, 6.07) is 34.4. The highest BCUT2D eigenvalue weighted by atomic mass is 35.5. The van der Waals surface area contributed by atoms with Gasteiger partial charge in [0.1, 0.15) is 38.5 Å². The van der Waals surface area contributed by atoms with E-state index in [1.54, 1.807) is 118 Å². The number of anilines is 6. The zero-order chi connectivity index (χ0) is 65.9. The number of nitrogens with one attached hydrogen (secondary N) is 4. The molecule has 1 aliphatic rings. The first-order valence-corrected chi connectivity index (χ1v) is 29.9. The Kier molecular flexibility index (Phi) is 21.0. The molecule has 11 rings (SSSR count). The van der Waals surface area contributed by atoms with Crippen LogP contribution in [0.15, 0.2) is 132 Å². The second kappa shape index (κ2) is 29.2. The smallest absolute Gasteiger partial charge is 0.494 e. The highest BCUT2D eigenvalue weighted by Gasteiger charge is 2.51. The molecule has 0 saturated carbocycles. The monoisotopic (exact) mass is 1300 g/mol. The fourth-order valence-electron chi connectivity index (χ4n) is 9.01. The van der Waals surface area contributed by atoms with Crippen LogP contribution in [0.4, 0.5) is 34.4 Å². The number of nitrogens with zero attached hydrogens (tertiary/aromatic N) is 6. The van der Waals surface area contributed by atoms with E-state index in [2.05, 4.69) is 46.2 Å². The number of hydrogen-bond acceptors (Lipinski definition) is 24. The first-order valence-electron chi connectivity index (χ1n) is 27.8. The second-order valence-electron chi connectivity index (χ2n) is 20.7. The normalized spacial score (nSPS) is 12.6. The van der Waals surface area contributed by atoms with Crippen LogP contribution in [-0.2, 0) is 18.8 Å². The molecule has 4 N–H and O–H groups in total. The SMILES string of the molecule is COC(=O)c1ccc(NC(=O)c2cccc(-c3nc(Nc4ccc(OC)c(OC)c4)c4ncsc4n3)c2)cc1OC.COC(=O)c1ccc(NC(=O)c2cccc(B3OC(C)(C)C(C)(C)O3)c2)cc1OC.COc1ccc(Nc2nc(Cl)nc3scnc23)cc1OC. The van der Waals surface area contributed by atoms with Crippen LogP contribution in [0.1, 0.15) is 69.1 Å². The predicted octanol–water partition coefficient (Wildman–Crippen LogP) is 12.1. The molecular formula is C64H62BClN10O14S2. The number of aromatic nitrogens is 6. The van der Waals surface area contributed by atoms with Crippen LogP contribution in [0, 0.1) is 0 Å². The summed E-state index contributed by atoms with van der Waals surface area (Å²) < 4.78 is 53.4. The van der Waals surface area contributed by atoms with Gasteiger partial charge in [-0.25, -0.2) is 34.5 Å². The highest BCUT2D eigenvalue weighted by molar-refractivity contribution is 7.16. The number of fused-ring (bicyclic) bond motifs is 2. The molecule has 10 aromatic rings. The number of esters is 2.